The molecule has 1 N–H and O–H groups in total. The van der Waals surface area contributed by atoms with Crippen molar-refractivity contribution < 1.29 is 19.4 Å². The summed E-state index contributed by atoms with van der Waals surface area (Å²) in [7, 11) is 4.78. The topological polar surface area (TPSA) is 59.0 Å². The van der Waals surface area contributed by atoms with Gasteiger partial charge >= 0.3 is 0 Å². The summed E-state index contributed by atoms with van der Waals surface area (Å²) in [6.45, 7) is 2.12. The first-order chi connectivity index (χ1) is 11.5. The third-order valence-electron chi connectivity index (χ3n) is 3.85. The fourth-order valence-electron chi connectivity index (χ4n) is 2.51. The molecule has 2 aromatic carbocycles. The highest BCUT2D eigenvalue weighted by atomic mass is 16.5. The molecular weight excluding hydrogens is 306 g/mol. The van der Waals surface area contributed by atoms with Gasteiger partial charge in [-0.25, -0.2) is 0 Å². The van der Waals surface area contributed by atoms with Crippen molar-refractivity contribution in [1.82, 2.24) is 4.90 Å². The average Bonchev–Trinajstić information content (AvgIpc) is 2.60. The highest BCUT2D eigenvalue weighted by Crippen LogP contribution is 2.30. The number of nitrogens with zero attached hydrogens (tertiary/aromatic N) is 1. The molecule has 2 aromatic rings. The Bertz CT molecular complexity index is 714. The maximum Gasteiger partial charge on any atom is 0.253 e. The van der Waals surface area contributed by atoms with Crippen molar-refractivity contribution in [2.24, 2.45) is 0 Å². The van der Waals surface area contributed by atoms with E-state index in [1.54, 1.807) is 45.5 Å². The van der Waals surface area contributed by atoms with Crippen molar-refractivity contribution in [2.75, 3.05) is 27.8 Å². The van der Waals surface area contributed by atoms with Gasteiger partial charge in [0.25, 0.3) is 5.91 Å². The molecule has 0 aliphatic rings. The highest BCUT2D eigenvalue weighted by molar-refractivity contribution is 5.94. The van der Waals surface area contributed by atoms with Gasteiger partial charge in [-0.05, 0) is 36.8 Å². The van der Waals surface area contributed by atoms with Gasteiger partial charge in [-0.2, -0.15) is 0 Å². The Morgan fingerprint density at radius 2 is 1.83 bits per heavy atom. The number of likely N-dealkylation sites (N-methyl/N-ethyl adjacent to an activating group) is 1. The van der Waals surface area contributed by atoms with E-state index in [-0.39, 0.29) is 12.5 Å². The van der Waals surface area contributed by atoms with Crippen molar-refractivity contribution in [1.29, 1.82) is 0 Å². The molecule has 2 rings (SSSR count). The van der Waals surface area contributed by atoms with Gasteiger partial charge in [-0.15, -0.1) is 0 Å². The zero-order chi connectivity index (χ0) is 17.7. The molecule has 0 aliphatic carbocycles. The number of ether oxygens (including phenoxy) is 2. The van der Waals surface area contributed by atoms with Crippen molar-refractivity contribution >= 4 is 5.91 Å². The van der Waals surface area contributed by atoms with E-state index >= 15 is 0 Å². The number of benzene rings is 2. The Labute approximate surface area is 142 Å². The first-order valence-electron chi connectivity index (χ1n) is 7.68. The molecule has 5 nitrogen and oxygen atoms in total. The summed E-state index contributed by atoms with van der Waals surface area (Å²) in [6.07, 6.45) is -0.816. The lowest BCUT2D eigenvalue weighted by Gasteiger charge is -2.22. The zero-order valence-corrected chi connectivity index (χ0v) is 14.4. The third-order valence-corrected chi connectivity index (χ3v) is 3.85. The van der Waals surface area contributed by atoms with Crippen LogP contribution in [0.5, 0.6) is 11.5 Å². The molecule has 0 radical (unpaired) electrons. The number of methoxy groups -OCH3 is 2. The highest BCUT2D eigenvalue weighted by Gasteiger charge is 2.18. The summed E-state index contributed by atoms with van der Waals surface area (Å²) in [5.74, 6) is 1.01. The van der Waals surface area contributed by atoms with Crippen LogP contribution in [0.2, 0.25) is 0 Å². The minimum absolute atomic E-state index is 0.127. The van der Waals surface area contributed by atoms with Crippen LogP contribution in [0, 0.1) is 6.92 Å². The molecule has 24 heavy (non-hydrogen) atoms. The molecule has 0 saturated carbocycles. The summed E-state index contributed by atoms with van der Waals surface area (Å²) in [5, 5.41) is 10.4. The Morgan fingerprint density at radius 1 is 1.12 bits per heavy atom. The molecule has 0 bridgehead atoms. The monoisotopic (exact) mass is 329 g/mol. The van der Waals surface area contributed by atoms with E-state index in [0.29, 0.717) is 22.6 Å². The number of carbonyl (C=O) groups excluding carboxylic acids is 1. The van der Waals surface area contributed by atoms with Crippen molar-refractivity contribution in [2.45, 2.75) is 13.0 Å². The number of hydrogen-bond donors (Lipinski definition) is 1. The molecule has 0 heterocycles. The Hall–Kier alpha value is -2.53. The molecule has 0 spiro atoms. The van der Waals surface area contributed by atoms with Crippen LogP contribution < -0.4 is 9.47 Å². The molecule has 1 amide bonds. The predicted octanol–water partition coefficient (Wildman–Crippen LogP) is 2.82. The normalized spacial score (nSPS) is 11.7. The van der Waals surface area contributed by atoms with Gasteiger partial charge in [0.1, 0.15) is 0 Å². The molecule has 128 valence electrons. The summed E-state index contributed by atoms with van der Waals surface area (Å²) < 4.78 is 10.4. The standard InChI is InChI=1S/C19H23NO4/c1-13-6-5-7-15(10-13)19(22)20(2)12-16(21)14-8-9-17(23-3)18(11-14)24-4/h5-11,16,21H,12H2,1-4H3. The summed E-state index contributed by atoms with van der Waals surface area (Å²) in [5.41, 5.74) is 2.29. The minimum atomic E-state index is -0.816. The maximum absolute atomic E-state index is 12.5. The fourth-order valence-corrected chi connectivity index (χ4v) is 2.51. The second-order valence-corrected chi connectivity index (χ2v) is 5.69. The largest absolute Gasteiger partial charge is 0.493 e. The molecule has 0 saturated heterocycles. The number of hydrogen-bond acceptors (Lipinski definition) is 4. The molecule has 1 unspecified atom stereocenters. The van der Waals surface area contributed by atoms with Crippen molar-refractivity contribution in [3.8, 4) is 11.5 Å². The molecular formula is C19H23NO4. The number of aliphatic hydroxyl groups is 1. The van der Waals surface area contributed by atoms with Gasteiger partial charge in [-0.1, -0.05) is 23.8 Å². The van der Waals surface area contributed by atoms with E-state index in [1.807, 2.05) is 25.1 Å². The van der Waals surface area contributed by atoms with E-state index in [2.05, 4.69) is 0 Å². The van der Waals surface area contributed by atoms with Crippen LogP contribution in [0.4, 0.5) is 0 Å². The Balaban J connectivity index is 2.11. The lowest BCUT2D eigenvalue weighted by atomic mass is 10.1. The van der Waals surface area contributed by atoms with Crippen LogP contribution in [0.3, 0.4) is 0 Å². The smallest absolute Gasteiger partial charge is 0.253 e. The minimum Gasteiger partial charge on any atom is -0.493 e. The van der Waals surface area contributed by atoms with Crippen molar-refractivity contribution in [3.05, 3.63) is 59.2 Å². The number of carbonyl (C=O) groups is 1. The van der Waals surface area contributed by atoms with Gasteiger partial charge in [0.15, 0.2) is 11.5 Å². The number of amides is 1. The molecule has 5 heteroatoms. The van der Waals surface area contributed by atoms with Crippen LogP contribution in [0.15, 0.2) is 42.5 Å². The lowest BCUT2D eigenvalue weighted by molar-refractivity contribution is 0.0680. The summed E-state index contributed by atoms with van der Waals surface area (Å²) in [4.78, 5) is 14.0. The van der Waals surface area contributed by atoms with Gasteiger partial charge in [0.05, 0.1) is 26.9 Å². The van der Waals surface area contributed by atoms with Crippen LogP contribution in [-0.2, 0) is 0 Å². The van der Waals surface area contributed by atoms with E-state index in [0.717, 1.165) is 5.56 Å². The molecule has 0 aliphatic heterocycles. The van der Waals surface area contributed by atoms with E-state index < -0.39 is 6.10 Å². The number of aliphatic hydroxyl groups excluding tert-OH is 1. The predicted molar refractivity (Wildman–Crippen MR) is 92.6 cm³/mol. The maximum atomic E-state index is 12.5. The van der Waals surface area contributed by atoms with Crippen molar-refractivity contribution in [3.63, 3.8) is 0 Å². The van der Waals surface area contributed by atoms with E-state index in [9.17, 15) is 9.90 Å². The van der Waals surface area contributed by atoms with Crippen LogP contribution >= 0.6 is 0 Å². The molecule has 0 fully saturated rings. The summed E-state index contributed by atoms with van der Waals surface area (Å²) >= 11 is 0. The number of aryl methyl sites for hydroxylation is 1. The van der Waals surface area contributed by atoms with E-state index in [4.69, 9.17) is 9.47 Å². The lowest BCUT2D eigenvalue weighted by Crippen LogP contribution is -2.31. The quantitative estimate of drug-likeness (QED) is 0.885. The zero-order valence-electron chi connectivity index (χ0n) is 14.4. The van der Waals surface area contributed by atoms with Gasteiger partial charge in [0.2, 0.25) is 0 Å². The second-order valence-electron chi connectivity index (χ2n) is 5.69. The molecule has 0 aromatic heterocycles. The SMILES string of the molecule is COc1ccc(C(O)CN(C)C(=O)c2cccc(C)c2)cc1OC. The first kappa shape index (κ1) is 17.8. The van der Waals surface area contributed by atoms with Crippen LogP contribution in [-0.4, -0.2) is 43.7 Å². The van der Waals surface area contributed by atoms with Crippen LogP contribution in [0.1, 0.15) is 27.6 Å². The van der Waals surface area contributed by atoms with Gasteiger partial charge < -0.3 is 19.5 Å². The average molecular weight is 329 g/mol. The Morgan fingerprint density at radius 3 is 2.46 bits per heavy atom. The summed E-state index contributed by atoms with van der Waals surface area (Å²) in [6, 6.07) is 12.6. The number of rotatable bonds is 6. The van der Waals surface area contributed by atoms with E-state index in [1.165, 1.54) is 4.90 Å². The first-order valence-corrected chi connectivity index (χ1v) is 7.68. The fraction of sp³-hybridized carbons (Fsp3) is 0.316. The van der Waals surface area contributed by atoms with Gasteiger partial charge in [-0.3, -0.25) is 4.79 Å². The van der Waals surface area contributed by atoms with Crippen LogP contribution in [0.25, 0.3) is 0 Å². The second kappa shape index (κ2) is 7.84. The van der Waals surface area contributed by atoms with Gasteiger partial charge in [0, 0.05) is 12.6 Å². The third kappa shape index (κ3) is 4.06. The Kier molecular flexibility index (Phi) is 5.82. The molecule has 1 atom stereocenters.